The summed E-state index contributed by atoms with van der Waals surface area (Å²) < 4.78 is 0. The Balaban J connectivity index is 1.90. The number of primary amides is 1. The van der Waals surface area contributed by atoms with Crippen molar-refractivity contribution in [2.75, 3.05) is 0 Å². The molecule has 1 aromatic carbocycles. The van der Waals surface area contributed by atoms with E-state index in [2.05, 4.69) is 11.1 Å². The average molecular weight is 242 g/mol. The van der Waals surface area contributed by atoms with Crippen molar-refractivity contribution in [2.45, 2.75) is 18.8 Å². The van der Waals surface area contributed by atoms with Crippen molar-refractivity contribution in [3.63, 3.8) is 0 Å². The smallest absolute Gasteiger partial charge is 0.248 e. The van der Waals surface area contributed by atoms with Gasteiger partial charge in [-0.25, -0.2) is 0 Å². The van der Waals surface area contributed by atoms with Crippen LogP contribution in [0.1, 0.15) is 24.3 Å². The standard InChI is InChI=1S/C14H14N2O2/c15-13(17)5-11-4-12(11)8-1-2-9-7-16-14(18)6-10(9)3-8/h1-3,6-7,11-12H,4-5H2,(H2,15,17)(H,16,18). The van der Waals surface area contributed by atoms with Gasteiger partial charge in [0.1, 0.15) is 0 Å². The summed E-state index contributed by atoms with van der Waals surface area (Å²) in [6, 6.07) is 7.70. The van der Waals surface area contributed by atoms with Crippen LogP contribution < -0.4 is 11.3 Å². The third kappa shape index (κ3) is 2.01. The van der Waals surface area contributed by atoms with E-state index in [9.17, 15) is 9.59 Å². The maximum Gasteiger partial charge on any atom is 0.248 e. The topological polar surface area (TPSA) is 76.0 Å². The van der Waals surface area contributed by atoms with Crippen molar-refractivity contribution < 1.29 is 4.79 Å². The predicted octanol–water partition coefficient (Wildman–Crippen LogP) is 1.51. The second kappa shape index (κ2) is 3.98. The third-order valence-corrected chi connectivity index (χ3v) is 3.58. The van der Waals surface area contributed by atoms with Gasteiger partial charge in [-0.15, -0.1) is 0 Å². The first-order valence-corrected chi connectivity index (χ1v) is 6.04. The molecule has 0 radical (unpaired) electrons. The molecule has 3 N–H and O–H groups in total. The largest absolute Gasteiger partial charge is 0.370 e. The van der Waals surface area contributed by atoms with Gasteiger partial charge in [0.05, 0.1) is 0 Å². The molecule has 1 aromatic heterocycles. The van der Waals surface area contributed by atoms with E-state index in [1.54, 1.807) is 12.3 Å². The van der Waals surface area contributed by atoms with Crippen LogP contribution in [0, 0.1) is 5.92 Å². The fourth-order valence-corrected chi connectivity index (χ4v) is 2.55. The summed E-state index contributed by atoms with van der Waals surface area (Å²) in [5.41, 5.74) is 6.30. The Hall–Kier alpha value is -2.10. The summed E-state index contributed by atoms with van der Waals surface area (Å²) in [5.74, 6) is 0.558. The Kier molecular flexibility index (Phi) is 2.44. The van der Waals surface area contributed by atoms with E-state index in [0.29, 0.717) is 18.3 Å². The molecule has 3 rings (SSSR count). The maximum absolute atomic E-state index is 11.3. The van der Waals surface area contributed by atoms with Gasteiger partial charge < -0.3 is 10.7 Å². The van der Waals surface area contributed by atoms with Gasteiger partial charge in [0.2, 0.25) is 11.5 Å². The second-order valence-corrected chi connectivity index (χ2v) is 4.96. The molecular formula is C14H14N2O2. The zero-order valence-electron chi connectivity index (χ0n) is 9.85. The van der Waals surface area contributed by atoms with Gasteiger partial charge in [-0.1, -0.05) is 18.2 Å². The molecule has 2 atom stereocenters. The molecule has 0 bridgehead atoms. The Bertz CT molecular complexity index is 675. The molecule has 1 heterocycles. The van der Waals surface area contributed by atoms with Crippen molar-refractivity contribution in [1.82, 2.24) is 4.98 Å². The van der Waals surface area contributed by atoms with Crippen LogP contribution in [-0.2, 0) is 4.79 Å². The molecule has 1 aliphatic carbocycles. The van der Waals surface area contributed by atoms with Crippen LogP contribution >= 0.6 is 0 Å². The number of pyridine rings is 1. The van der Waals surface area contributed by atoms with Gasteiger partial charge in [-0.3, -0.25) is 9.59 Å². The van der Waals surface area contributed by atoms with Crippen LogP contribution in [0.25, 0.3) is 10.8 Å². The zero-order valence-corrected chi connectivity index (χ0v) is 9.85. The molecule has 0 aliphatic heterocycles. The Morgan fingerprint density at radius 3 is 2.94 bits per heavy atom. The number of nitrogens with two attached hydrogens (primary N) is 1. The van der Waals surface area contributed by atoms with Crippen LogP contribution in [0.3, 0.4) is 0 Å². The van der Waals surface area contributed by atoms with E-state index < -0.39 is 0 Å². The van der Waals surface area contributed by atoms with Crippen molar-refractivity contribution >= 4 is 16.7 Å². The molecule has 4 nitrogen and oxygen atoms in total. The molecule has 2 aromatic rings. The lowest BCUT2D eigenvalue weighted by molar-refractivity contribution is -0.118. The SMILES string of the molecule is NC(=O)CC1CC1c1ccc2c[nH]c(=O)cc2c1. The highest BCUT2D eigenvalue weighted by Gasteiger charge is 2.39. The van der Waals surface area contributed by atoms with E-state index in [4.69, 9.17) is 5.73 Å². The molecular weight excluding hydrogens is 228 g/mol. The summed E-state index contributed by atoms with van der Waals surface area (Å²) in [4.78, 5) is 24.8. The minimum atomic E-state index is -0.236. The molecule has 4 heteroatoms. The number of rotatable bonds is 3. The average Bonchev–Trinajstić information content (AvgIpc) is 3.06. The molecule has 1 aliphatic rings. The highest BCUT2D eigenvalue weighted by atomic mass is 16.1. The quantitative estimate of drug-likeness (QED) is 0.855. The number of aromatic amines is 1. The van der Waals surface area contributed by atoms with Crippen LogP contribution in [0.4, 0.5) is 0 Å². The van der Waals surface area contributed by atoms with Gasteiger partial charge in [0, 0.05) is 18.7 Å². The fourth-order valence-electron chi connectivity index (χ4n) is 2.55. The van der Waals surface area contributed by atoms with Crippen molar-refractivity contribution in [2.24, 2.45) is 11.7 Å². The van der Waals surface area contributed by atoms with Gasteiger partial charge in [0.25, 0.3) is 0 Å². The number of nitrogens with one attached hydrogen (secondary N) is 1. The number of hydrogen-bond donors (Lipinski definition) is 2. The number of amides is 1. The highest BCUT2D eigenvalue weighted by molar-refractivity contribution is 5.82. The van der Waals surface area contributed by atoms with E-state index in [1.807, 2.05) is 12.1 Å². The first-order valence-electron chi connectivity index (χ1n) is 6.04. The number of benzene rings is 1. The monoisotopic (exact) mass is 242 g/mol. The highest BCUT2D eigenvalue weighted by Crippen LogP contribution is 2.49. The summed E-state index contributed by atoms with van der Waals surface area (Å²) >= 11 is 0. The van der Waals surface area contributed by atoms with Crippen LogP contribution in [0.5, 0.6) is 0 Å². The lowest BCUT2D eigenvalue weighted by Crippen LogP contribution is -2.11. The van der Waals surface area contributed by atoms with E-state index in [1.165, 1.54) is 5.56 Å². The second-order valence-electron chi connectivity index (χ2n) is 4.96. The molecule has 1 fully saturated rings. The normalized spacial score (nSPS) is 22.0. The Labute approximate surface area is 104 Å². The van der Waals surface area contributed by atoms with Crippen molar-refractivity contribution in [3.8, 4) is 0 Å². The first kappa shape index (κ1) is 11.0. The van der Waals surface area contributed by atoms with Crippen LogP contribution in [0.15, 0.2) is 35.3 Å². The molecule has 2 unspecified atom stereocenters. The summed E-state index contributed by atoms with van der Waals surface area (Å²) in [6.07, 6.45) is 3.19. The van der Waals surface area contributed by atoms with Crippen molar-refractivity contribution in [1.29, 1.82) is 0 Å². The Morgan fingerprint density at radius 2 is 2.17 bits per heavy atom. The Morgan fingerprint density at radius 1 is 1.33 bits per heavy atom. The number of carbonyl (C=O) groups is 1. The molecule has 0 spiro atoms. The zero-order chi connectivity index (χ0) is 12.7. The molecule has 1 amide bonds. The van der Waals surface area contributed by atoms with Crippen LogP contribution in [0.2, 0.25) is 0 Å². The number of carbonyl (C=O) groups excluding carboxylic acids is 1. The lowest BCUT2D eigenvalue weighted by Gasteiger charge is -2.02. The number of hydrogen-bond acceptors (Lipinski definition) is 2. The minimum Gasteiger partial charge on any atom is -0.370 e. The van der Waals surface area contributed by atoms with Gasteiger partial charge in [-0.05, 0) is 34.6 Å². The minimum absolute atomic E-state index is 0.0934. The molecule has 92 valence electrons. The van der Waals surface area contributed by atoms with E-state index in [0.717, 1.165) is 17.2 Å². The maximum atomic E-state index is 11.3. The molecule has 0 saturated heterocycles. The van der Waals surface area contributed by atoms with Crippen molar-refractivity contribution in [3.05, 3.63) is 46.4 Å². The number of fused-ring (bicyclic) bond motifs is 1. The summed E-state index contributed by atoms with van der Waals surface area (Å²) in [6.45, 7) is 0. The number of aromatic nitrogens is 1. The summed E-state index contributed by atoms with van der Waals surface area (Å²) in [7, 11) is 0. The fraction of sp³-hybridized carbons (Fsp3) is 0.286. The molecule has 18 heavy (non-hydrogen) atoms. The number of H-pyrrole nitrogens is 1. The van der Waals surface area contributed by atoms with Crippen LogP contribution in [-0.4, -0.2) is 10.9 Å². The van der Waals surface area contributed by atoms with E-state index in [-0.39, 0.29) is 11.5 Å². The first-order chi connectivity index (χ1) is 8.63. The van der Waals surface area contributed by atoms with Gasteiger partial charge in [0.15, 0.2) is 0 Å². The molecule has 1 saturated carbocycles. The van der Waals surface area contributed by atoms with E-state index >= 15 is 0 Å². The lowest BCUT2D eigenvalue weighted by atomic mass is 10.0. The summed E-state index contributed by atoms with van der Waals surface area (Å²) in [5, 5.41) is 1.96. The van der Waals surface area contributed by atoms with Gasteiger partial charge >= 0.3 is 0 Å². The predicted molar refractivity (Wildman–Crippen MR) is 69.2 cm³/mol. The third-order valence-electron chi connectivity index (χ3n) is 3.58. The van der Waals surface area contributed by atoms with Gasteiger partial charge in [-0.2, -0.15) is 0 Å².